The van der Waals surface area contributed by atoms with Crippen molar-refractivity contribution in [3.8, 4) is 6.07 Å². The third kappa shape index (κ3) is 5.54. The summed E-state index contributed by atoms with van der Waals surface area (Å²) < 4.78 is 1.71. The highest BCUT2D eigenvalue weighted by Crippen LogP contribution is 2.40. The number of hydrogen-bond acceptors (Lipinski definition) is 5. The molecule has 1 aromatic heterocycles. The van der Waals surface area contributed by atoms with Crippen LogP contribution >= 0.6 is 57.7 Å². The zero-order chi connectivity index (χ0) is 29.6. The number of aromatic nitrogens is 1. The topological polar surface area (TPSA) is 101 Å². The van der Waals surface area contributed by atoms with Gasteiger partial charge >= 0.3 is 0 Å². The Kier molecular flexibility index (Phi) is 8.06. The zero-order valence-corrected chi connectivity index (χ0v) is 25.4. The van der Waals surface area contributed by atoms with E-state index in [0.29, 0.717) is 31.9 Å². The molecular formula is C30H20Cl4N4O2S. The molecule has 0 bridgehead atoms. The van der Waals surface area contributed by atoms with Gasteiger partial charge in [-0.3, -0.25) is 14.2 Å². The number of fused-ring (bicyclic) bond motifs is 1. The van der Waals surface area contributed by atoms with Crippen LogP contribution in [0.1, 0.15) is 28.2 Å². The van der Waals surface area contributed by atoms with Crippen LogP contribution in [0.5, 0.6) is 0 Å². The van der Waals surface area contributed by atoms with Crippen LogP contribution in [0.3, 0.4) is 0 Å². The molecular weight excluding hydrogens is 622 g/mol. The highest BCUT2D eigenvalue weighted by atomic mass is 35.5. The maximum atomic E-state index is 14.1. The first-order chi connectivity index (χ1) is 19.5. The van der Waals surface area contributed by atoms with Gasteiger partial charge in [0.25, 0.3) is 11.5 Å². The maximum Gasteiger partial charge on any atom is 0.274 e. The molecule has 0 aliphatic carbocycles. The maximum absolute atomic E-state index is 14.1. The molecule has 4 aromatic rings. The molecule has 1 atom stereocenters. The Labute approximate surface area is 259 Å². The van der Waals surface area contributed by atoms with Crippen molar-refractivity contribution >= 4 is 86.8 Å². The van der Waals surface area contributed by atoms with Crippen molar-refractivity contribution < 1.29 is 4.79 Å². The molecule has 1 unspecified atom stereocenters. The fourth-order valence-electron chi connectivity index (χ4n) is 4.82. The number of halogens is 4. The van der Waals surface area contributed by atoms with Crippen LogP contribution in [0.2, 0.25) is 20.1 Å². The molecule has 5 rings (SSSR count). The summed E-state index contributed by atoms with van der Waals surface area (Å²) in [5, 5.41) is 14.6. The molecule has 41 heavy (non-hydrogen) atoms. The van der Waals surface area contributed by atoms with Gasteiger partial charge in [0.2, 0.25) is 0 Å². The number of allylic oxidation sites excluding steroid dienone is 1. The van der Waals surface area contributed by atoms with Gasteiger partial charge in [-0.25, -0.2) is 0 Å². The predicted molar refractivity (Wildman–Crippen MR) is 168 cm³/mol. The van der Waals surface area contributed by atoms with Gasteiger partial charge in [0.15, 0.2) is 0 Å². The summed E-state index contributed by atoms with van der Waals surface area (Å²) in [6.07, 6.45) is 1.60. The molecule has 0 saturated heterocycles. The van der Waals surface area contributed by atoms with Crippen molar-refractivity contribution in [2.45, 2.75) is 19.8 Å². The Bertz CT molecular complexity index is 2000. The van der Waals surface area contributed by atoms with Gasteiger partial charge in [-0.2, -0.15) is 5.26 Å². The number of nitrogens with one attached hydrogen (secondary N) is 1. The first-order valence-corrected chi connectivity index (χ1v) is 14.5. The molecule has 11 heteroatoms. The van der Waals surface area contributed by atoms with Crippen LogP contribution in [-0.2, 0) is 4.79 Å². The van der Waals surface area contributed by atoms with Crippen LogP contribution in [0.25, 0.3) is 17.5 Å². The summed E-state index contributed by atoms with van der Waals surface area (Å²) in [6, 6.07) is 17.4. The van der Waals surface area contributed by atoms with Gasteiger partial charge in [0, 0.05) is 25.8 Å². The largest absolute Gasteiger partial charge is 0.384 e. The molecule has 1 aliphatic heterocycles. The molecule has 0 fully saturated rings. The number of carbonyl (C=O) groups is 1. The number of anilines is 1. The minimum atomic E-state index is -0.972. The first kappa shape index (κ1) is 29.0. The normalized spacial score (nSPS) is 15.1. The van der Waals surface area contributed by atoms with Crippen molar-refractivity contribution in [2.24, 2.45) is 5.73 Å². The molecule has 1 aliphatic rings. The standard InChI is InChI=1S/C30H20Cl4N4O2S/c1-14-7-15(2)9-19(8-14)37-28(39)26-25(20-6-5-18(32)12-23(20)34)21(13-35)27(36)38-29(40)24(41-30(26)38)10-16-3-4-17(31)11-22(16)33/h3-12,25H,36H2,1-2H3,(H,37,39)/b24-10-. The van der Waals surface area contributed by atoms with E-state index in [4.69, 9.17) is 52.1 Å². The molecule has 0 radical (unpaired) electrons. The number of nitrogens with zero attached hydrogens (tertiary/aromatic N) is 2. The number of aryl methyl sites for hydroxylation is 2. The molecule has 3 aromatic carbocycles. The fourth-order valence-corrected chi connectivity index (χ4v) is 6.97. The Hall–Kier alpha value is -3.51. The van der Waals surface area contributed by atoms with Crippen LogP contribution in [-0.4, -0.2) is 10.5 Å². The van der Waals surface area contributed by atoms with Crippen molar-refractivity contribution in [3.63, 3.8) is 0 Å². The van der Waals surface area contributed by atoms with E-state index in [1.807, 2.05) is 32.0 Å². The van der Waals surface area contributed by atoms with Gasteiger partial charge in [0.05, 0.1) is 27.7 Å². The van der Waals surface area contributed by atoms with Crippen molar-refractivity contribution in [2.75, 3.05) is 5.32 Å². The van der Waals surface area contributed by atoms with E-state index in [0.717, 1.165) is 22.5 Å². The summed E-state index contributed by atoms with van der Waals surface area (Å²) in [6.45, 7) is 3.84. The van der Waals surface area contributed by atoms with E-state index in [2.05, 4.69) is 11.4 Å². The minimum absolute atomic E-state index is 0.00303. The number of carbonyl (C=O) groups excluding carboxylic acids is 1. The second-order valence-corrected chi connectivity index (χ2v) is 12.2. The van der Waals surface area contributed by atoms with Gasteiger partial charge in [-0.15, -0.1) is 11.3 Å². The number of benzene rings is 3. The predicted octanol–water partition coefficient (Wildman–Crippen LogP) is 6.21. The monoisotopic (exact) mass is 640 g/mol. The quantitative estimate of drug-likeness (QED) is 0.277. The Morgan fingerprint density at radius 2 is 1.63 bits per heavy atom. The Balaban J connectivity index is 1.84. The number of hydrogen-bond donors (Lipinski definition) is 2. The summed E-state index contributed by atoms with van der Waals surface area (Å²) in [5.74, 6) is -1.58. The second kappa shape index (κ2) is 11.4. The highest BCUT2D eigenvalue weighted by Gasteiger charge is 2.36. The lowest BCUT2D eigenvalue weighted by Crippen LogP contribution is -2.40. The first-order valence-electron chi connectivity index (χ1n) is 12.2. The lowest BCUT2D eigenvalue weighted by molar-refractivity contribution is -0.111. The molecule has 6 nitrogen and oxygen atoms in total. The molecule has 0 spiro atoms. The number of nitrogens with two attached hydrogens (primary N) is 1. The van der Waals surface area contributed by atoms with E-state index in [1.165, 1.54) is 10.6 Å². The Morgan fingerprint density at radius 3 is 2.24 bits per heavy atom. The summed E-state index contributed by atoms with van der Waals surface area (Å²) in [5.41, 5.74) is 9.59. The smallest absolute Gasteiger partial charge is 0.274 e. The average molecular weight is 642 g/mol. The number of thiazole rings is 1. The van der Waals surface area contributed by atoms with Gasteiger partial charge in [0.1, 0.15) is 10.5 Å². The molecule has 206 valence electrons. The van der Waals surface area contributed by atoms with E-state index in [9.17, 15) is 14.9 Å². The van der Waals surface area contributed by atoms with Crippen molar-refractivity contribution in [3.05, 3.63) is 122 Å². The number of rotatable bonds is 4. The molecule has 0 saturated carbocycles. The number of nitriles is 1. The lowest BCUT2D eigenvalue weighted by Gasteiger charge is -2.26. The van der Waals surface area contributed by atoms with Crippen molar-refractivity contribution in [1.29, 1.82) is 5.26 Å². The van der Waals surface area contributed by atoms with Crippen LogP contribution in [0.4, 0.5) is 5.69 Å². The minimum Gasteiger partial charge on any atom is -0.384 e. The average Bonchev–Trinajstić information content (AvgIpc) is 3.20. The summed E-state index contributed by atoms with van der Waals surface area (Å²) in [7, 11) is 0. The van der Waals surface area contributed by atoms with Gasteiger partial charge in [-0.1, -0.05) is 64.6 Å². The summed E-state index contributed by atoms with van der Waals surface area (Å²) in [4.78, 5) is 27.8. The van der Waals surface area contributed by atoms with Gasteiger partial charge in [-0.05, 0) is 78.6 Å². The van der Waals surface area contributed by atoms with Crippen LogP contribution in [0.15, 0.2) is 65.0 Å². The highest BCUT2D eigenvalue weighted by molar-refractivity contribution is 7.07. The molecule has 2 heterocycles. The van der Waals surface area contributed by atoms with E-state index >= 15 is 0 Å². The number of amides is 1. The third-order valence-electron chi connectivity index (χ3n) is 6.52. The van der Waals surface area contributed by atoms with Gasteiger partial charge < -0.3 is 11.1 Å². The lowest BCUT2D eigenvalue weighted by atomic mass is 9.83. The molecule has 1 amide bonds. The summed E-state index contributed by atoms with van der Waals surface area (Å²) >= 11 is 26.2. The van der Waals surface area contributed by atoms with E-state index < -0.39 is 17.4 Å². The second-order valence-electron chi connectivity index (χ2n) is 9.48. The Morgan fingerprint density at radius 1 is 1.00 bits per heavy atom. The SMILES string of the molecule is Cc1cc(C)cc(NC(=O)C2=c3s/c(=C\c4ccc(Cl)cc4Cl)c(=O)n3C(N)=C(C#N)C2c2ccc(Cl)cc2Cl)c1. The van der Waals surface area contributed by atoms with Crippen LogP contribution < -0.4 is 25.8 Å². The van der Waals surface area contributed by atoms with E-state index in [1.54, 1.807) is 36.4 Å². The van der Waals surface area contributed by atoms with E-state index in [-0.39, 0.29) is 31.2 Å². The van der Waals surface area contributed by atoms with Crippen LogP contribution in [0, 0.1) is 25.2 Å². The van der Waals surface area contributed by atoms with Crippen molar-refractivity contribution in [1.82, 2.24) is 4.57 Å². The zero-order valence-electron chi connectivity index (χ0n) is 21.6. The molecule has 3 N–H and O–H groups in total. The third-order valence-corrected chi connectivity index (χ3v) is 8.75. The fraction of sp³-hybridized carbons (Fsp3) is 0.100.